The highest BCUT2D eigenvalue weighted by Crippen LogP contribution is 2.14. The minimum atomic E-state index is -0.503. The number of benzene rings is 1. The van der Waals surface area contributed by atoms with Gasteiger partial charge in [-0.05, 0) is 33.3 Å². The molecular formula is C15H23NO3. The predicted molar refractivity (Wildman–Crippen MR) is 75.0 cm³/mol. The van der Waals surface area contributed by atoms with Crippen molar-refractivity contribution in [3.05, 3.63) is 35.9 Å². The third-order valence-electron chi connectivity index (χ3n) is 2.38. The van der Waals surface area contributed by atoms with Crippen molar-refractivity contribution in [2.24, 2.45) is 0 Å². The van der Waals surface area contributed by atoms with Gasteiger partial charge in [0.1, 0.15) is 5.60 Å². The lowest BCUT2D eigenvalue weighted by molar-refractivity contribution is 0.0448. The van der Waals surface area contributed by atoms with E-state index in [0.717, 1.165) is 5.56 Å². The largest absolute Gasteiger partial charge is 0.444 e. The Morgan fingerprint density at radius 1 is 1.26 bits per heavy atom. The summed E-state index contributed by atoms with van der Waals surface area (Å²) in [6.07, 6.45) is -0.430. The molecule has 1 unspecified atom stereocenters. The molecule has 0 bridgehead atoms. The maximum absolute atomic E-state index is 11.8. The first-order valence-corrected chi connectivity index (χ1v) is 6.54. The summed E-state index contributed by atoms with van der Waals surface area (Å²) in [6.45, 7) is 8.49. The fourth-order valence-corrected chi connectivity index (χ4v) is 1.59. The molecule has 4 nitrogen and oxygen atoms in total. The minimum Gasteiger partial charge on any atom is -0.444 e. The molecule has 0 heterocycles. The predicted octanol–water partition coefficient (Wildman–Crippen LogP) is 3.29. The Balaban J connectivity index is 2.67. The topological polar surface area (TPSA) is 47.6 Å². The van der Waals surface area contributed by atoms with Gasteiger partial charge in [0.2, 0.25) is 0 Å². The fourth-order valence-electron chi connectivity index (χ4n) is 1.59. The van der Waals surface area contributed by atoms with Gasteiger partial charge in [-0.25, -0.2) is 4.79 Å². The van der Waals surface area contributed by atoms with Crippen molar-refractivity contribution in [2.45, 2.75) is 39.3 Å². The lowest BCUT2D eigenvalue weighted by Crippen LogP contribution is -2.36. The zero-order chi connectivity index (χ0) is 14.3. The molecule has 0 saturated heterocycles. The van der Waals surface area contributed by atoms with Gasteiger partial charge < -0.3 is 14.8 Å². The average Bonchev–Trinajstić information content (AvgIpc) is 2.33. The molecule has 4 heteroatoms. The Bertz CT molecular complexity index is 384. The molecule has 1 aromatic carbocycles. The molecule has 0 saturated carbocycles. The number of ether oxygens (including phenoxy) is 2. The Morgan fingerprint density at radius 2 is 1.89 bits per heavy atom. The van der Waals surface area contributed by atoms with Crippen LogP contribution in [0.2, 0.25) is 0 Å². The first-order valence-electron chi connectivity index (χ1n) is 6.54. The smallest absolute Gasteiger partial charge is 0.408 e. The van der Waals surface area contributed by atoms with Crippen LogP contribution in [-0.2, 0) is 9.47 Å². The molecule has 106 valence electrons. The van der Waals surface area contributed by atoms with Gasteiger partial charge in [0.05, 0.1) is 12.6 Å². The summed E-state index contributed by atoms with van der Waals surface area (Å²) in [7, 11) is 0. The second-order valence-corrected chi connectivity index (χ2v) is 5.27. The summed E-state index contributed by atoms with van der Waals surface area (Å²) < 4.78 is 10.7. The molecule has 1 aromatic rings. The van der Waals surface area contributed by atoms with Crippen molar-refractivity contribution < 1.29 is 14.3 Å². The number of carbonyl (C=O) groups excluding carboxylic acids is 1. The molecule has 1 atom stereocenters. The summed E-state index contributed by atoms with van der Waals surface area (Å²) >= 11 is 0. The maximum Gasteiger partial charge on any atom is 0.408 e. The summed E-state index contributed by atoms with van der Waals surface area (Å²) in [5, 5.41) is 2.84. The van der Waals surface area contributed by atoms with Crippen molar-refractivity contribution in [3.63, 3.8) is 0 Å². The van der Waals surface area contributed by atoms with Crippen molar-refractivity contribution in [3.8, 4) is 0 Å². The van der Waals surface area contributed by atoms with E-state index in [1.807, 2.05) is 58.0 Å². The first-order chi connectivity index (χ1) is 8.92. The maximum atomic E-state index is 11.8. The van der Waals surface area contributed by atoms with Gasteiger partial charge in [0.25, 0.3) is 0 Å². The second-order valence-electron chi connectivity index (χ2n) is 5.27. The van der Waals surface area contributed by atoms with Gasteiger partial charge in [-0.2, -0.15) is 0 Å². The lowest BCUT2D eigenvalue weighted by Gasteiger charge is -2.23. The van der Waals surface area contributed by atoms with Crippen LogP contribution < -0.4 is 5.32 Å². The molecular weight excluding hydrogens is 242 g/mol. The SMILES string of the molecule is CCOCC(NC(=O)OC(C)(C)C)c1ccccc1. The molecule has 19 heavy (non-hydrogen) atoms. The highest BCUT2D eigenvalue weighted by Gasteiger charge is 2.20. The van der Waals surface area contributed by atoms with Crippen molar-refractivity contribution >= 4 is 6.09 Å². The van der Waals surface area contributed by atoms with Crippen LogP contribution in [0.4, 0.5) is 4.79 Å². The molecule has 0 fully saturated rings. The van der Waals surface area contributed by atoms with Gasteiger partial charge in [-0.3, -0.25) is 0 Å². The minimum absolute atomic E-state index is 0.198. The van der Waals surface area contributed by atoms with Crippen molar-refractivity contribution in [2.75, 3.05) is 13.2 Å². The zero-order valence-corrected chi connectivity index (χ0v) is 12.1. The fraction of sp³-hybridized carbons (Fsp3) is 0.533. The quantitative estimate of drug-likeness (QED) is 0.888. The summed E-state index contributed by atoms with van der Waals surface area (Å²) in [5.74, 6) is 0. The molecule has 0 spiro atoms. The number of alkyl carbamates (subject to hydrolysis) is 1. The van der Waals surface area contributed by atoms with Gasteiger partial charge in [0.15, 0.2) is 0 Å². The molecule has 1 amide bonds. The normalized spacial score (nSPS) is 12.8. The third-order valence-corrected chi connectivity index (χ3v) is 2.38. The Morgan fingerprint density at radius 3 is 2.42 bits per heavy atom. The Hall–Kier alpha value is -1.55. The van der Waals surface area contributed by atoms with Crippen LogP contribution in [0, 0.1) is 0 Å². The molecule has 0 radical (unpaired) electrons. The molecule has 0 aliphatic rings. The van der Waals surface area contributed by atoms with E-state index in [9.17, 15) is 4.79 Å². The van der Waals surface area contributed by atoms with E-state index in [4.69, 9.17) is 9.47 Å². The van der Waals surface area contributed by atoms with Crippen LogP contribution >= 0.6 is 0 Å². The highest BCUT2D eigenvalue weighted by molar-refractivity contribution is 5.68. The third kappa shape index (κ3) is 6.25. The summed E-state index contributed by atoms with van der Waals surface area (Å²) in [6, 6.07) is 9.53. The van der Waals surface area contributed by atoms with Gasteiger partial charge in [0, 0.05) is 6.61 Å². The molecule has 0 aliphatic heterocycles. The van der Waals surface area contributed by atoms with Crippen LogP contribution in [0.25, 0.3) is 0 Å². The molecule has 1 rings (SSSR count). The van der Waals surface area contributed by atoms with Gasteiger partial charge in [-0.1, -0.05) is 30.3 Å². The molecule has 0 aliphatic carbocycles. The standard InChI is InChI=1S/C15H23NO3/c1-5-18-11-13(12-9-7-6-8-10-12)16-14(17)19-15(2,3)4/h6-10,13H,5,11H2,1-4H3,(H,16,17). The van der Waals surface area contributed by atoms with Crippen molar-refractivity contribution in [1.82, 2.24) is 5.32 Å². The van der Waals surface area contributed by atoms with E-state index in [1.54, 1.807) is 0 Å². The number of hydrogen-bond donors (Lipinski definition) is 1. The number of carbonyl (C=O) groups is 1. The first kappa shape index (κ1) is 15.5. The molecule has 0 aromatic heterocycles. The molecule has 1 N–H and O–H groups in total. The van der Waals surface area contributed by atoms with Gasteiger partial charge >= 0.3 is 6.09 Å². The highest BCUT2D eigenvalue weighted by atomic mass is 16.6. The van der Waals surface area contributed by atoms with E-state index in [2.05, 4.69) is 5.32 Å². The van der Waals surface area contributed by atoms with Crippen LogP contribution in [0.15, 0.2) is 30.3 Å². The van der Waals surface area contributed by atoms with Crippen LogP contribution in [0.5, 0.6) is 0 Å². The van der Waals surface area contributed by atoms with Crippen LogP contribution in [0.3, 0.4) is 0 Å². The van der Waals surface area contributed by atoms with E-state index >= 15 is 0 Å². The number of rotatable bonds is 5. The Kier molecular flexibility index (Phi) is 5.83. The number of hydrogen-bond acceptors (Lipinski definition) is 3. The summed E-state index contributed by atoms with van der Waals surface area (Å²) in [5.41, 5.74) is 0.499. The van der Waals surface area contributed by atoms with Gasteiger partial charge in [-0.15, -0.1) is 0 Å². The van der Waals surface area contributed by atoms with Crippen LogP contribution in [-0.4, -0.2) is 24.9 Å². The Labute approximate surface area is 115 Å². The van der Waals surface area contributed by atoms with Crippen molar-refractivity contribution in [1.29, 1.82) is 0 Å². The zero-order valence-electron chi connectivity index (χ0n) is 12.1. The summed E-state index contributed by atoms with van der Waals surface area (Å²) in [4.78, 5) is 11.8. The van der Waals surface area contributed by atoms with E-state index in [-0.39, 0.29) is 6.04 Å². The monoisotopic (exact) mass is 265 g/mol. The average molecular weight is 265 g/mol. The van der Waals surface area contributed by atoms with E-state index in [0.29, 0.717) is 13.2 Å². The number of amides is 1. The van der Waals surface area contributed by atoms with Crippen LogP contribution in [0.1, 0.15) is 39.3 Å². The lowest BCUT2D eigenvalue weighted by atomic mass is 10.1. The number of nitrogens with one attached hydrogen (secondary N) is 1. The second kappa shape index (κ2) is 7.14. The van der Waals surface area contributed by atoms with E-state index in [1.165, 1.54) is 0 Å². The van der Waals surface area contributed by atoms with E-state index < -0.39 is 11.7 Å².